The molecule has 1 aliphatic rings. The number of amidine groups is 1. The fourth-order valence-corrected chi connectivity index (χ4v) is 3.73. The Bertz CT molecular complexity index is 824. The van der Waals surface area contributed by atoms with E-state index in [0.717, 1.165) is 0 Å². The Hall–Kier alpha value is -2.24. The molecule has 1 aliphatic heterocycles. The Morgan fingerprint density at radius 1 is 1.59 bits per heavy atom. The SMILES string of the molecule is CN1CC(CO)CSC1=N/C(=C(/C#N)C=O)c1cnc(C(C)(C)C)c(F)c1. The highest BCUT2D eigenvalue weighted by Gasteiger charge is 2.24. The van der Waals surface area contributed by atoms with Crippen LogP contribution in [0.5, 0.6) is 0 Å². The van der Waals surface area contributed by atoms with Gasteiger partial charge in [-0.05, 0) is 6.07 Å². The lowest BCUT2D eigenvalue weighted by Gasteiger charge is -2.31. The van der Waals surface area contributed by atoms with Crippen LogP contribution in [0.4, 0.5) is 4.39 Å². The van der Waals surface area contributed by atoms with Crippen molar-refractivity contribution in [3.8, 4) is 6.07 Å². The van der Waals surface area contributed by atoms with Gasteiger partial charge in [0.25, 0.3) is 0 Å². The fraction of sp³-hybridized carbons (Fsp3) is 0.474. The molecule has 0 saturated carbocycles. The van der Waals surface area contributed by atoms with Gasteiger partial charge in [0, 0.05) is 49.0 Å². The Morgan fingerprint density at radius 3 is 2.78 bits per heavy atom. The number of aliphatic hydroxyl groups is 1. The summed E-state index contributed by atoms with van der Waals surface area (Å²) in [6, 6.07) is 3.09. The summed E-state index contributed by atoms with van der Waals surface area (Å²) in [6.07, 6.45) is 1.85. The molecule has 2 heterocycles. The van der Waals surface area contributed by atoms with Crippen LogP contribution in [-0.2, 0) is 10.2 Å². The molecule has 6 nitrogen and oxygen atoms in total. The summed E-state index contributed by atoms with van der Waals surface area (Å²) in [5.41, 5.74) is 0.00854. The molecule has 1 fully saturated rings. The van der Waals surface area contributed by atoms with Gasteiger partial charge in [0.05, 0.1) is 11.4 Å². The zero-order valence-corrected chi connectivity index (χ0v) is 16.7. The van der Waals surface area contributed by atoms with Gasteiger partial charge in [0.15, 0.2) is 11.5 Å². The molecule has 8 heteroatoms. The van der Waals surface area contributed by atoms with Gasteiger partial charge < -0.3 is 10.0 Å². The van der Waals surface area contributed by atoms with E-state index in [-0.39, 0.29) is 29.4 Å². The number of thioether (sulfide) groups is 1. The molecule has 1 N–H and O–H groups in total. The number of carbonyl (C=O) groups excluding carboxylic acids is 1. The maximum absolute atomic E-state index is 14.6. The van der Waals surface area contributed by atoms with Crippen LogP contribution in [0.1, 0.15) is 32.0 Å². The predicted molar refractivity (Wildman–Crippen MR) is 105 cm³/mol. The number of halogens is 1. The largest absolute Gasteiger partial charge is 0.396 e. The summed E-state index contributed by atoms with van der Waals surface area (Å²) in [5, 5.41) is 19.2. The van der Waals surface area contributed by atoms with E-state index in [9.17, 15) is 19.6 Å². The van der Waals surface area contributed by atoms with E-state index < -0.39 is 11.2 Å². The molecule has 1 aromatic rings. The van der Waals surface area contributed by atoms with Crippen LogP contribution in [0, 0.1) is 23.1 Å². The van der Waals surface area contributed by atoms with Gasteiger partial charge in [0.1, 0.15) is 17.5 Å². The standard InChI is InChI=1S/C19H23FN4O2S/c1-19(2,3)17-15(20)5-13(7-22-17)16(14(6-21)10-26)23-18-24(4)8-12(9-25)11-27-18/h5,7,10,12,25H,8-9,11H2,1-4H3/b16-14-,23-18?. The highest BCUT2D eigenvalue weighted by molar-refractivity contribution is 8.13. The molecule has 144 valence electrons. The van der Waals surface area contributed by atoms with Crippen molar-refractivity contribution in [3.63, 3.8) is 0 Å². The second kappa shape index (κ2) is 8.63. The monoisotopic (exact) mass is 390 g/mol. The van der Waals surface area contributed by atoms with E-state index >= 15 is 0 Å². The third kappa shape index (κ3) is 4.93. The third-order valence-corrected chi connectivity index (χ3v) is 5.39. The molecule has 1 aromatic heterocycles. The molecule has 1 saturated heterocycles. The minimum absolute atomic E-state index is 0.0779. The van der Waals surface area contributed by atoms with Gasteiger partial charge in [-0.15, -0.1) is 0 Å². The lowest BCUT2D eigenvalue weighted by Crippen LogP contribution is -2.37. The molecular weight excluding hydrogens is 367 g/mol. The number of hydrogen-bond acceptors (Lipinski definition) is 6. The zero-order valence-electron chi connectivity index (χ0n) is 15.9. The van der Waals surface area contributed by atoms with Crippen molar-refractivity contribution >= 4 is 28.9 Å². The average molecular weight is 390 g/mol. The Balaban J connectivity index is 2.51. The highest BCUT2D eigenvalue weighted by Crippen LogP contribution is 2.29. The highest BCUT2D eigenvalue weighted by atomic mass is 32.2. The minimum Gasteiger partial charge on any atom is -0.396 e. The smallest absolute Gasteiger partial charge is 0.164 e. The summed E-state index contributed by atoms with van der Waals surface area (Å²) in [6.45, 7) is 6.24. The number of carbonyl (C=O) groups is 1. The van der Waals surface area contributed by atoms with Crippen molar-refractivity contribution in [2.75, 3.05) is 26.0 Å². The molecule has 0 spiro atoms. The van der Waals surface area contributed by atoms with Gasteiger partial charge in [-0.3, -0.25) is 9.78 Å². The normalized spacial score (nSPS) is 20.3. The van der Waals surface area contributed by atoms with Gasteiger partial charge in [0.2, 0.25) is 0 Å². The molecule has 1 unspecified atom stereocenters. The van der Waals surface area contributed by atoms with E-state index in [4.69, 9.17) is 0 Å². The summed E-state index contributed by atoms with van der Waals surface area (Å²) >= 11 is 1.42. The summed E-state index contributed by atoms with van der Waals surface area (Å²) < 4.78 is 14.6. The maximum Gasteiger partial charge on any atom is 0.164 e. The van der Waals surface area contributed by atoms with Crippen LogP contribution < -0.4 is 0 Å². The van der Waals surface area contributed by atoms with E-state index in [1.165, 1.54) is 24.0 Å². The zero-order chi connectivity index (χ0) is 20.2. The number of aliphatic hydroxyl groups excluding tert-OH is 1. The van der Waals surface area contributed by atoms with Crippen molar-refractivity contribution in [3.05, 3.63) is 34.9 Å². The average Bonchev–Trinajstić information content (AvgIpc) is 2.61. The lowest BCUT2D eigenvalue weighted by atomic mass is 9.91. The Morgan fingerprint density at radius 2 is 2.30 bits per heavy atom. The van der Waals surface area contributed by atoms with Crippen LogP contribution in [0.25, 0.3) is 5.70 Å². The Labute approximate surface area is 162 Å². The van der Waals surface area contributed by atoms with Crippen LogP contribution in [-0.4, -0.2) is 52.4 Å². The molecule has 0 bridgehead atoms. The van der Waals surface area contributed by atoms with E-state index in [1.54, 1.807) is 0 Å². The number of aldehydes is 1. The van der Waals surface area contributed by atoms with Gasteiger partial charge in [-0.2, -0.15) is 5.26 Å². The van der Waals surface area contributed by atoms with E-state index in [2.05, 4.69) is 9.98 Å². The minimum atomic E-state index is -0.508. The second-order valence-electron chi connectivity index (χ2n) is 7.43. The van der Waals surface area contributed by atoms with Crippen LogP contribution in [0.3, 0.4) is 0 Å². The first-order valence-corrected chi connectivity index (χ1v) is 9.49. The quantitative estimate of drug-likeness (QED) is 0.483. The lowest BCUT2D eigenvalue weighted by molar-refractivity contribution is -0.104. The molecule has 0 amide bonds. The first kappa shape index (κ1) is 21.1. The number of allylic oxidation sites excluding steroid dienone is 1. The molecule has 27 heavy (non-hydrogen) atoms. The van der Waals surface area contributed by atoms with Crippen molar-refractivity contribution in [2.45, 2.75) is 26.2 Å². The van der Waals surface area contributed by atoms with Gasteiger partial charge >= 0.3 is 0 Å². The third-order valence-electron chi connectivity index (χ3n) is 4.09. The molecular formula is C19H23FN4O2S. The molecule has 0 aliphatic carbocycles. The second-order valence-corrected chi connectivity index (χ2v) is 8.42. The van der Waals surface area contributed by atoms with Crippen molar-refractivity contribution in [2.24, 2.45) is 10.9 Å². The summed E-state index contributed by atoms with van der Waals surface area (Å²) in [5.74, 6) is 0.287. The topological polar surface area (TPSA) is 89.6 Å². The number of hydrogen-bond donors (Lipinski definition) is 1. The van der Waals surface area contributed by atoms with Crippen LogP contribution in [0.2, 0.25) is 0 Å². The fourth-order valence-electron chi connectivity index (χ4n) is 2.68. The molecule has 1 atom stereocenters. The molecule has 2 rings (SSSR count). The number of nitriles is 1. The van der Waals surface area contributed by atoms with Crippen LogP contribution in [0.15, 0.2) is 22.8 Å². The van der Waals surface area contributed by atoms with E-state index in [0.29, 0.717) is 29.4 Å². The maximum atomic E-state index is 14.6. The van der Waals surface area contributed by atoms with Gasteiger partial charge in [-0.1, -0.05) is 32.5 Å². The first-order chi connectivity index (χ1) is 12.7. The number of nitrogens with zero attached hydrogens (tertiary/aromatic N) is 4. The van der Waals surface area contributed by atoms with Crippen molar-refractivity contribution in [1.82, 2.24) is 9.88 Å². The first-order valence-electron chi connectivity index (χ1n) is 8.50. The van der Waals surface area contributed by atoms with Crippen molar-refractivity contribution < 1.29 is 14.3 Å². The van der Waals surface area contributed by atoms with E-state index in [1.807, 2.05) is 38.8 Å². The number of pyridine rings is 1. The number of aromatic nitrogens is 1. The predicted octanol–water partition coefficient (Wildman–Crippen LogP) is 2.59. The Kier molecular flexibility index (Phi) is 6.73. The summed E-state index contributed by atoms with van der Waals surface area (Å²) in [4.78, 5) is 21.9. The summed E-state index contributed by atoms with van der Waals surface area (Å²) in [7, 11) is 1.82. The molecule has 0 aromatic carbocycles. The van der Waals surface area contributed by atoms with Gasteiger partial charge in [-0.25, -0.2) is 9.38 Å². The number of rotatable bonds is 4. The van der Waals surface area contributed by atoms with Crippen molar-refractivity contribution in [1.29, 1.82) is 5.26 Å². The number of aliphatic imine (C=N–C) groups is 1. The van der Waals surface area contributed by atoms with Crippen LogP contribution >= 0.6 is 11.8 Å². The molecule has 0 radical (unpaired) electrons.